The minimum Gasteiger partial charge on any atom is -0.360 e. The maximum atomic E-state index is 12.2. The maximum absolute atomic E-state index is 12.2. The average molecular weight is 280 g/mol. The number of amides is 1. The summed E-state index contributed by atoms with van der Waals surface area (Å²) in [6.45, 7) is 3.98. The van der Waals surface area contributed by atoms with Crippen LogP contribution in [0.4, 0.5) is 5.69 Å². The van der Waals surface area contributed by atoms with Crippen LogP contribution in [0.5, 0.6) is 0 Å². The highest BCUT2D eigenvalue weighted by Crippen LogP contribution is 2.20. The van der Waals surface area contributed by atoms with Crippen LogP contribution < -0.4 is 5.32 Å². The minimum atomic E-state index is -0.263. The number of anilines is 1. The summed E-state index contributed by atoms with van der Waals surface area (Å²) >= 11 is 0. The van der Waals surface area contributed by atoms with Crippen LogP contribution in [0.3, 0.4) is 0 Å². The molecule has 21 heavy (non-hydrogen) atoms. The van der Waals surface area contributed by atoms with Gasteiger partial charge in [0, 0.05) is 17.7 Å². The molecule has 0 unspecified atom stereocenters. The summed E-state index contributed by atoms with van der Waals surface area (Å²) in [4.78, 5) is 12.2. The first-order chi connectivity index (χ1) is 10.1. The lowest BCUT2D eigenvalue weighted by atomic mass is 10.1. The molecule has 4 heteroatoms. The Labute approximate surface area is 122 Å². The predicted octanol–water partition coefficient (Wildman–Crippen LogP) is 4.20. The lowest BCUT2D eigenvalue weighted by molar-refractivity contribution is 0.101. The van der Waals surface area contributed by atoms with Crippen molar-refractivity contribution in [2.75, 3.05) is 5.32 Å². The lowest BCUT2D eigenvalue weighted by Gasteiger charge is -2.04. The predicted molar refractivity (Wildman–Crippen MR) is 82.5 cm³/mol. The molecule has 1 amide bonds. The number of fused-ring (bicyclic) bond motifs is 1. The second-order valence-corrected chi connectivity index (χ2v) is 5.29. The van der Waals surface area contributed by atoms with E-state index in [9.17, 15) is 4.79 Å². The monoisotopic (exact) mass is 280 g/mol. The highest BCUT2D eigenvalue weighted by Gasteiger charge is 2.14. The number of rotatable bonds is 3. The summed E-state index contributed by atoms with van der Waals surface area (Å²) < 4.78 is 5.14. The van der Waals surface area contributed by atoms with Crippen LogP contribution in [0.25, 0.3) is 10.8 Å². The van der Waals surface area contributed by atoms with Crippen LogP contribution in [-0.2, 0) is 0 Å². The Morgan fingerprint density at radius 2 is 1.86 bits per heavy atom. The average Bonchev–Trinajstić information content (AvgIpc) is 2.97. The molecule has 0 aliphatic carbocycles. The van der Waals surface area contributed by atoms with Gasteiger partial charge in [0.1, 0.15) is 5.76 Å². The van der Waals surface area contributed by atoms with E-state index in [0.717, 1.165) is 16.5 Å². The van der Waals surface area contributed by atoms with E-state index >= 15 is 0 Å². The fraction of sp³-hybridized carbons (Fsp3) is 0.176. The topological polar surface area (TPSA) is 55.1 Å². The highest BCUT2D eigenvalue weighted by molar-refractivity contribution is 6.03. The molecule has 2 aromatic carbocycles. The molecule has 4 nitrogen and oxygen atoms in total. The Kier molecular flexibility index (Phi) is 3.44. The smallest absolute Gasteiger partial charge is 0.277 e. The molecule has 0 saturated heterocycles. The van der Waals surface area contributed by atoms with Gasteiger partial charge in [0.25, 0.3) is 5.91 Å². The second-order valence-electron chi connectivity index (χ2n) is 5.29. The Hall–Kier alpha value is -2.62. The first-order valence-electron chi connectivity index (χ1n) is 6.90. The summed E-state index contributed by atoms with van der Waals surface area (Å²) in [6, 6.07) is 15.5. The van der Waals surface area contributed by atoms with Crippen molar-refractivity contribution in [1.29, 1.82) is 0 Å². The van der Waals surface area contributed by atoms with Crippen molar-refractivity contribution >= 4 is 22.4 Å². The van der Waals surface area contributed by atoms with E-state index in [1.54, 1.807) is 6.07 Å². The van der Waals surface area contributed by atoms with E-state index in [-0.39, 0.29) is 11.8 Å². The third-order valence-corrected chi connectivity index (χ3v) is 3.34. The molecule has 1 N–H and O–H groups in total. The van der Waals surface area contributed by atoms with Gasteiger partial charge in [0.05, 0.1) is 0 Å². The van der Waals surface area contributed by atoms with Crippen LogP contribution in [0.1, 0.15) is 36.0 Å². The zero-order chi connectivity index (χ0) is 14.8. The zero-order valence-corrected chi connectivity index (χ0v) is 12.0. The van der Waals surface area contributed by atoms with Crippen molar-refractivity contribution in [3.8, 4) is 0 Å². The fourth-order valence-corrected chi connectivity index (χ4v) is 2.13. The zero-order valence-electron chi connectivity index (χ0n) is 12.0. The molecule has 0 saturated carbocycles. The number of hydrogen-bond donors (Lipinski definition) is 1. The van der Waals surface area contributed by atoms with Crippen molar-refractivity contribution in [2.45, 2.75) is 19.8 Å². The molecule has 0 fully saturated rings. The molecule has 1 heterocycles. The minimum absolute atomic E-state index is 0.208. The normalized spacial score (nSPS) is 11.0. The summed E-state index contributed by atoms with van der Waals surface area (Å²) in [5, 5.41) is 8.87. The van der Waals surface area contributed by atoms with Gasteiger partial charge >= 0.3 is 0 Å². The number of nitrogens with one attached hydrogen (secondary N) is 1. The first-order valence-corrected chi connectivity index (χ1v) is 6.90. The molecule has 0 spiro atoms. The van der Waals surface area contributed by atoms with Gasteiger partial charge in [-0.3, -0.25) is 4.79 Å². The second kappa shape index (κ2) is 5.40. The van der Waals surface area contributed by atoms with Crippen LogP contribution in [-0.4, -0.2) is 11.1 Å². The van der Waals surface area contributed by atoms with E-state index in [1.807, 2.05) is 56.3 Å². The summed E-state index contributed by atoms with van der Waals surface area (Å²) in [7, 11) is 0. The van der Waals surface area contributed by atoms with Gasteiger partial charge in [-0.15, -0.1) is 0 Å². The third kappa shape index (κ3) is 2.79. The van der Waals surface area contributed by atoms with Gasteiger partial charge in [-0.25, -0.2) is 0 Å². The molecule has 0 radical (unpaired) electrons. The van der Waals surface area contributed by atoms with Gasteiger partial charge in [-0.05, 0) is 22.9 Å². The van der Waals surface area contributed by atoms with Gasteiger partial charge in [0.15, 0.2) is 5.69 Å². The first kappa shape index (κ1) is 13.4. The van der Waals surface area contributed by atoms with Crippen LogP contribution in [0.2, 0.25) is 0 Å². The number of carbonyl (C=O) groups excluding carboxylic acids is 1. The molecule has 3 aromatic rings. The van der Waals surface area contributed by atoms with Gasteiger partial charge in [0.2, 0.25) is 0 Å². The lowest BCUT2D eigenvalue weighted by Crippen LogP contribution is -2.12. The van der Waals surface area contributed by atoms with Crippen molar-refractivity contribution in [2.24, 2.45) is 0 Å². The van der Waals surface area contributed by atoms with Gasteiger partial charge in [-0.1, -0.05) is 49.3 Å². The standard InChI is InChI=1S/C17H16N2O2/c1-11(2)16-10-15(19-21-16)17(20)18-14-8-7-12-5-3-4-6-13(12)9-14/h3-11H,1-2H3,(H,18,20). The Bertz CT molecular complexity index is 790. The molecule has 3 rings (SSSR count). The summed E-state index contributed by atoms with van der Waals surface area (Å²) in [5.41, 5.74) is 1.04. The highest BCUT2D eigenvalue weighted by atomic mass is 16.5. The number of nitrogens with zero attached hydrogens (tertiary/aromatic N) is 1. The summed E-state index contributed by atoms with van der Waals surface area (Å²) in [6.07, 6.45) is 0. The fourth-order valence-electron chi connectivity index (χ4n) is 2.13. The maximum Gasteiger partial charge on any atom is 0.277 e. The van der Waals surface area contributed by atoms with E-state index in [1.165, 1.54) is 0 Å². The van der Waals surface area contributed by atoms with Crippen LogP contribution in [0, 0.1) is 0 Å². The number of carbonyl (C=O) groups is 1. The largest absolute Gasteiger partial charge is 0.360 e. The number of benzene rings is 2. The van der Waals surface area contributed by atoms with Crippen molar-refractivity contribution in [3.05, 3.63) is 60.0 Å². The Morgan fingerprint density at radius 3 is 2.57 bits per heavy atom. The van der Waals surface area contributed by atoms with Crippen molar-refractivity contribution in [1.82, 2.24) is 5.16 Å². The Balaban J connectivity index is 1.81. The van der Waals surface area contributed by atoms with Crippen LogP contribution in [0.15, 0.2) is 53.1 Å². The molecule has 0 aliphatic rings. The van der Waals surface area contributed by atoms with Crippen molar-refractivity contribution in [3.63, 3.8) is 0 Å². The molecule has 1 aromatic heterocycles. The van der Waals surface area contributed by atoms with E-state index in [4.69, 9.17) is 4.52 Å². The van der Waals surface area contributed by atoms with Gasteiger partial charge < -0.3 is 9.84 Å². The number of hydrogen-bond acceptors (Lipinski definition) is 3. The SMILES string of the molecule is CC(C)c1cc(C(=O)Nc2ccc3ccccc3c2)no1. The quantitative estimate of drug-likeness (QED) is 0.782. The van der Waals surface area contributed by atoms with Gasteiger partial charge in [-0.2, -0.15) is 0 Å². The number of aromatic nitrogens is 1. The molecule has 0 aliphatic heterocycles. The van der Waals surface area contributed by atoms with E-state index < -0.39 is 0 Å². The Morgan fingerprint density at radius 1 is 1.10 bits per heavy atom. The van der Waals surface area contributed by atoms with E-state index in [2.05, 4.69) is 10.5 Å². The molecule has 0 atom stereocenters. The van der Waals surface area contributed by atoms with E-state index in [0.29, 0.717) is 11.5 Å². The molecular formula is C17H16N2O2. The summed E-state index contributed by atoms with van der Waals surface area (Å²) in [5.74, 6) is 0.652. The van der Waals surface area contributed by atoms with Crippen LogP contribution >= 0.6 is 0 Å². The molecule has 0 bridgehead atoms. The van der Waals surface area contributed by atoms with Crippen molar-refractivity contribution < 1.29 is 9.32 Å². The molecule has 106 valence electrons. The molecular weight excluding hydrogens is 264 g/mol. The third-order valence-electron chi connectivity index (χ3n) is 3.34.